The van der Waals surface area contributed by atoms with Gasteiger partial charge in [0.05, 0.1) is 13.2 Å². The fraction of sp³-hybridized carbons (Fsp3) is 0.935. The Hall–Kier alpha value is -1.06. The van der Waals surface area contributed by atoms with Crippen LogP contribution in [0.15, 0.2) is 0 Å². The molecular formula is C31H60O4. The standard InChI is InChI=1S/C31H60O4/c1-26(2)18-16-24-34-30(32)21-15-13-11-9-7-8-10-12-14-20-29(28(5)6)22-23-31(33)35-25-17-19-27(3)4/h26-29H,7-25H2,1-6H3. The minimum atomic E-state index is -0.0213. The number of hydrogen-bond acceptors (Lipinski definition) is 4. The lowest BCUT2D eigenvalue weighted by Gasteiger charge is -2.20. The Morgan fingerprint density at radius 3 is 1.37 bits per heavy atom. The van der Waals surface area contributed by atoms with Gasteiger partial charge in [0.2, 0.25) is 0 Å². The SMILES string of the molecule is CC(C)CCCOC(=O)CCCCCCCCCCCC(CCC(=O)OCCCC(C)C)C(C)C. The van der Waals surface area contributed by atoms with Gasteiger partial charge >= 0.3 is 11.9 Å². The van der Waals surface area contributed by atoms with E-state index in [1.165, 1.54) is 51.4 Å². The maximum absolute atomic E-state index is 12.0. The Morgan fingerprint density at radius 1 is 0.486 bits per heavy atom. The van der Waals surface area contributed by atoms with Gasteiger partial charge in [-0.25, -0.2) is 0 Å². The maximum atomic E-state index is 12.0. The maximum Gasteiger partial charge on any atom is 0.305 e. The lowest BCUT2D eigenvalue weighted by Crippen LogP contribution is -2.13. The van der Waals surface area contributed by atoms with E-state index in [-0.39, 0.29) is 11.9 Å². The van der Waals surface area contributed by atoms with E-state index in [0.717, 1.165) is 44.9 Å². The van der Waals surface area contributed by atoms with Crippen LogP contribution in [0.5, 0.6) is 0 Å². The first kappa shape index (κ1) is 33.9. The van der Waals surface area contributed by atoms with Crippen molar-refractivity contribution in [3.63, 3.8) is 0 Å². The third-order valence-electron chi connectivity index (χ3n) is 7.00. The van der Waals surface area contributed by atoms with E-state index in [1.807, 2.05) is 0 Å². The second-order valence-corrected chi connectivity index (χ2v) is 11.8. The van der Waals surface area contributed by atoms with E-state index in [4.69, 9.17) is 9.47 Å². The zero-order valence-electron chi connectivity index (χ0n) is 24.4. The van der Waals surface area contributed by atoms with E-state index in [1.54, 1.807) is 0 Å². The van der Waals surface area contributed by atoms with Crippen LogP contribution in [0.25, 0.3) is 0 Å². The quantitative estimate of drug-likeness (QED) is 0.0986. The van der Waals surface area contributed by atoms with Crippen molar-refractivity contribution in [2.75, 3.05) is 13.2 Å². The molecule has 1 unspecified atom stereocenters. The minimum Gasteiger partial charge on any atom is -0.466 e. The highest BCUT2D eigenvalue weighted by molar-refractivity contribution is 5.69. The van der Waals surface area contributed by atoms with Crippen LogP contribution < -0.4 is 0 Å². The predicted octanol–water partition coefficient (Wildman–Crippen LogP) is 9.29. The summed E-state index contributed by atoms with van der Waals surface area (Å²) in [5.41, 5.74) is 0. The van der Waals surface area contributed by atoms with Crippen molar-refractivity contribution in [2.45, 2.75) is 151 Å². The molecule has 0 aromatic carbocycles. The summed E-state index contributed by atoms with van der Waals surface area (Å²) in [5.74, 6) is 2.56. The van der Waals surface area contributed by atoms with Gasteiger partial charge in [-0.3, -0.25) is 9.59 Å². The molecule has 0 aromatic rings. The molecule has 0 bridgehead atoms. The highest BCUT2D eigenvalue weighted by atomic mass is 16.5. The molecule has 0 heterocycles. The minimum absolute atomic E-state index is 0.0158. The Kier molecular flexibility index (Phi) is 22.6. The molecule has 208 valence electrons. The molecule has 4 nitrogen and oxygen atoms in total. The molecule has 0 fully saturated rings. The molecule has 0 aliphatic heterocycles. The Balaban J connectivity index is 3.59. The monoisotopic (exact) mass is 496 g/mol. The van der Waals surface area contributed by atoms with Gasteiger partial charge in [-0.1, -0.05) is 99.3 Å². The van der Waals surface area contributed by atoms with Gasteiger partial charge in [0.1, 0.15) is 0 Å². The molecular weight excluding hydrogens is 436 g/mol. The number of rotatable bonds is 24. The zero-order chi connectivity index (χ0) is 26.3. The fourth-order valence-electron chi connectivity index (χ4n) is 4.53. The van der Waals surface area contributed by atoms with Crippen molar-refractivity contribution in [3.8, 4) is 0 Å². The summed E-state index contributed by atoms with van der Waals surface area (Å²) in [5, 5.41) is 0. The normalized spacial score (nSPS) is 12.5. The van der Waals surface area contributed by atoms with Crippen molar-refractivity contribution < 1.29 is 19.1 Å². The molecule has 0 spiro atoms. The number of carbonyl (C=O) groups is 2. The number of esters is 2. The molecule has 0 saturated heterocycles. The zero-order valence-corrected chi connectivity index (χ0v) is 24.4. The third kappa shape index (κ3) is 24.4. The molecule has 0 rings (SSSR count). The van der Waals surface area contributed by atoms with Crippen molar-refractivity contribution in [3.05, 3.63) is 0 Å². The van der Waals surface area contributed by atoms with E-state index < -0.39 is 0 Å². The van der Waals surface area contributed by atoms with Gasteiger partial charge < -0.3 is 9.47 Å². The van der Waals surface area contributed by atoms with Crippen LogP contribution >= 0.6 is 0 Å². The van der Waals surface area contributed by atoms with Crippen LogP contribution in [-0.2, 0) is 19.1 Å². The highest BCUT2D eigenvalue weighted by Gasteiger charge is 2.15. The molecule has 0 N–H and O–H groups in total. The largest absolute Gasteiger partial charge is 0.466 e. The summed E-state index contributed by atoms with van der Waals surface area (Å²) in [6.07, 6.45) is 18.6. The van der Waals surface area contributed by atoms with Crippen LogP contribution in [-0.4, -0.2) is 25.2 Å². The molecule has 0 amide bonds. The van der Waals surface area contributed by atoms with Gasteiger partial charge in [-0.2, -0.15) is 0 Å². The Bertz CT molecular complexity index is 498. The van der Waals surface area contributed by atoms with E-state index in [9.17, 15) is 9.59 Å². The first-order chi connectivity index (χ1) is 16.7. The molecule has 35 heavy (non-hydrogen) atoms. The van der Waals surface area contributed by atoms with E-state index in [2.05, 4.69) is 41.5 Å². The highest BCUT2D eigenvalue weighted by Crippen LogP contribution is 2.24. The molecule has 0 aromatic heterocycles. The van der Waals surface area contributed by atoms with Crippen molar-refractivity contribution in [2.24, 2.45) is 23.7 Å². The molecule has 4 heteroatoms. The lowest BCUT2D eigenvalue weighted by molar-refractivity contribution is -0.145. The third-order valence-corrected chi connectivity index (χ3v) is 7.00. The summed E-state index contributed by atoms with van der Waals surface area (Å²) in [4.78, 5) is 23.7. The van der Waals surface area contributed by atoms with Gasteiger partial charge in [0, 0.05) is 12.8 Å². The van der Waals surface area contributed by atoms with E-state index >= 15 is 0 Å². The Labute approximate surface area is 218 Å². The lowest BCUT2D eigenvalue weighted by atomic mass is 9.86. The summed E-state index contributed by atoms with van der Waals surface area (Å²) >= 11 is 0. The number of carbonyl (C=O) groups excluding carboxylic acids is 2. The molecule has 0 radical (unpaired) electrons. The summed E-state index contributed by atoms with van der Waals surface area (Å²) < 4.78 is 10.7. The van der Waals surface area contributed by atoms with Crippen molar-refractivity contribution in [1.29, 1.82) is 0 Å². The smallest absolute Gasteiger partial charge is 0.305 e. The van der Waals surface area contributed by atoms with Gasteiger partial charge in [-0.15, -0.1) is 0 Å². The summed E-state index contributed by atoms with van der Waals surface area (Å²) in [6.45, 7) is 14.5. The van der Waals surface area contributed by atoms with Crippen LogP contribution in [0.2, 0.25) is 0 Å². The molecule has 0 aliphatic rings. The van der Waals surface area contributed by atoms with Gasteiger partial charge in [0.15, 0.2) is 0 Å². The second kappa shape index (κ2) is 23.3. The van der Waals surface area contributed by atoms with Crippen LogP contribution in [0.4, 0.5) is 0 Å². The number of hydrogen-bond donors (Lipinski definition) is 0. The van der Waals surface area contributed by atoms with Crippen molar-refractivity contribution in [1.82, 2.24) is 0 Å². The van der Waals surface area contributed by atoms with Crippen LogP contribution in [0.3, 0.4) is 0 Å². The first-order valence-electron chi connectivity index (χ1n) is 15.0. The average molecular weight is 497 g/mol. The first-order valence-corrected chi connectivity index (χ1v) is 15.0. The Morgan fingerprint density at radius 2 is 0.914 bits per heavy atom. The molecule has 0 saturated carbocycles. The molecule has 1 atom stereocenters. The second-order valence-electron chi connectivity index (χ2n) is 11.8. The summed E-state index contributed by atoms with van der Waals surface area (Å²) in [6, 6.07) is 0. The van der Waals surface area contributed by atoms with E-state index in [0.29, 0.717) is 49.7 Å². The van der Waals surface area contributed by atoms with Gasteiger partial charge in [-0.05, 0) is 62.2 Å². The fourth-order valence-corrected chi connectivity index (χ4v) is 4.53. The number of unbranched alkanes of at least 4 members (excludes halogenated alkanes) is 8. The predicted molar refractivity (Wildman–Crippen MR) is 148 cm³/mol. The van der Waals surface area contributed by atoms with Crippen LogP contribution in [0, 0.1) is 23.7 Å². The van der Waals surface area contributed by atoms with Gasteiger partial charge in [0.25, 0.3) is 0 Å². The van der Waals surface area contributed by atoms with Crippen LogP contribution in [0.1, 0.15) is 151 Å². The topological polar surface area (TPSA) is 52.6 Å². The number of ether oxygens (including phenoxy) is 2. The molecule has 0 aliphatic carbocycles. The van der Waals surface area contributed by atoms with Crippen molar-refractivity contribution >= 4 is 11.9 Å². The summed E-state index contributed by atoms with van der Waals surface area (Å²) in [7, 11) is 0. The average Bonchev–Trinajstić information content (AvgIpc) is 2.79.